The van der Waals surface area contributed by atoms with Gasteiger partial charge in [0.1, 0.15) is 5.75 Å². The molecule has 0 aliphatic carbocycles. The van der Waals surface area contributed by atoms with Crippen molar-refractivity contribution in [3.8, 4) is 5.75 Å². The first kappa shape index (κ1) is 12.9. The van der Waals surface area contributed by atoms with Crippen molar-refractivity contribution in [1.29, 1.82) is 0 Å². The van der Waals surface area contributed by atoms with Crippen LogP contribution in [0.25, 0.3) is 0 Å². The van der Waals surface area contributed by atoms with Gasteiger partial charge in [-0.15, -0.1) is 0 Å². The van der Waals surface area contributed by atoms with Gasteiger partial charge in [0.2, 0.25) is 0 Å². The van der Waals surface area contributed by atoms with Gasteiger partial charge < -0.3 is 4.74 Å². The highest BCUT2D eigenvalue weighted by atomic mass is 19.2. The lowest BCUT2D eigenvalue weighted by molar-refractivity contribution is 0.314. The van der Waals surface area contributed by atoms with Gasteiger partial charge in [-0.25, -0.2) is 8.78 Å². The van der Waals surface area contributed by atoms with Crippen LogP contribution in [0.5, 0.6) is 5.75 Å². The molecule has 0 radical (unpaired) electrons. The van der Waals surface area contributed by atoms with Crippen LogP contribution in [0.2, 0.25) is 0 Å². The first-order valence-corrected chi connectivity index (χ1v) is 4.82. The van der Waals surface area contributed by atoms with Crippen molar-refractivity contribution in [3.05, 3.63) is 29.8 Å². The van der Waals surface area contributed by atoms with E-state index in [0.717, 1.165) is 18.6 Å². The van der Waals surface area contributed by atoms with E-state index in [2.05, 4.69) is 0 Å². The van der Waals surface area contributed by atoms with E-state index >= 15 is 0 Å². The molecule has 0 aromatic heterocycles. The summed E-state index contributed by atoms with van der Waals surface area (Å²) in [7, 11) is 0. The summed E-state index contributed by atoms with van der Waals surface area (Å²) in [6.45, 7) is 6.46. The topological polar surface area (TPSA) is 9.23 Å². The van der Waals surface area contributed by atoms with Crippen molar-refractivity contribution in [2.75, 3.05) is 6.61 Å². The summed E-state index contributed by atoms with van der Waals surface area (Å²) in [5.74, 6) is -1.35. The van der Waals surface area contributed by atoms with Crippen molar-refractivity contribution < 1.29 is 13.5 Å². The predicted molar refractivity (Wildman–Crippen MR) is 53.5 cm³/mol. The van der Waals surface area contributed by atoms with Crippen LogP contribution in [0.15, 0.2) is 18.2 Å². The first-order chi connectivity index (χ1) is 6.74. The molecule has 0 bridgehead atoms. The van der Waals surface area contributed by atoms with E-state index < -0.39 is 11.6 Å². The zero-order valence-corrected chi connectivity index (χ0v) is 8.81. The second-order valence-corrected chi connectivity index (χ2v) is 2.42. The lowest BCUT2D eigenvalue weighted by Crippen LogP contribution is -1.95. The molecule has 0 aliphatic heterocycles. The highest BCUT2D eigenvalue weighted by Gasteiger charge is 2.01. The summed E-state index contributed by atoms with van der Waals surface area (Å²) < 4.78 is 30.0. The Morgan fingerprint density at radius 2 is 1.79 bits per heavy atom. The molecular weight excluding hydrogens is 186 g/mol. The first-order valence-electron chi connectivity index (χ1n) is 4.82. The summed E-state index contributed by atoms with van der Waals surface area (Å²) in [5.41, 5.74) is 0. The van der Waals surface area contributed by atoms with E-state index in [0.29, 0.717) is 12.4 Å². The van der Waals surface area contributed by atoms with E-state index in [9.17, 15) is 8.78 Å². The third-order valence-electron chi connectivity index (χ3n) is 1.36. The Hall–Kier alpha value is -1.12. The maximum absolute atomic E-state index is 12.6. The van der Waals surface area contributed by atoms with Gasteiger partial charge in [0, 0.05) is 6.07 Å². The van der Waals surface area contributed by atoms with Crippen LogP contribution in [0.1, 0.15) is 27.2 Å². The highest BCUT2D eigenvalue weighted by Crippen LogP contribution is 2.15. The third-order valence-corrected chi connectivity index (χ3v) is 1.36. The highest BCUT2D eigenvalue weighted by molar-refractivity contribution is 5.23. The van der Waals surface area contributed by atoms with Gasteiger partial charge in [-0.2, -0.15) is 0 Å². The molecule has 1 aromatic rings. The van der Waals surface area contributed by atoms with Crippen LogP contribution in [0.3, 0.4) is 0 Å². The number of benzene rings is 1. The van der Waals surface area contributed by atoms with Gasteiger partial charge >= 0.3 is 0 Å². The Morgan fingerprint density at radius 3 is 2.29 bits per heavy atom. The molecule has 0 heterocycles. The van der Waals surface area contributed by atoms with Gasteiger partial charge in [0.15, 0.2) is 11.6 Å². The van der Waals surface area contributed by atoms with E-state index in [1.807, 2.05) is 20.8 Å². The lowest BCUT2D eigenvalue weighted by Gasteiger charge is -2.03. The molecular formula is C11H16F2O. The minimum absolute atomic E-state index is 0.371. The minimum atomic E-state index is -0.872. The molecule has 1 rings (SSSR count). The Labute approximate surface area is 83.7 Å². The van der Waals surface area contributed by atoms with E-state index in [1.165, 1.54) is 6.07 Å². The normalized spacial score (nSPS) is 8.93. The molecule has 80 valence electrons. The van der Waals surface area contributed by atoms with Gasteiger partial charge in [0.05, 0.1) is 6.61 Å². The molecule has 0 fully saturated rings. The van der Waals surface area contributed by atoms with Crippen molar-refractivity contribution in [2.24, 2.45) is 0 Å². The number of halogens is 2. The molecule has 1 aromatic carbocycles. The number of hydrogen-bond acceptors (Lipinski definition) is 1. The SMILES string of the molecule is CC.CCCOc1ccc(F)c(F)c1. The van der Waals surface area contributed by atoms with Gasteiger partial charge in [-0.1, -0.05) is 20.8 Å². The molecule has 0 amide bonds. The fourth-order valence-corrected chi connectivity index (χ4v) is 0.787. The van der Waals surface area contributed by atoms with Crippen LogP contribution in [0.4, 0.5) is 8.78 Å². The summed E-state index contributed by atoms with van der Waals surface area (Å²) in [4.78, 5) is 0. The average Bonchev–Trinajstić information content (AvgIpc) is 2.23. The zero-order valence-electron chi connectivity index (χ0n) is 8.81. The summed E-state index contributed by atoms with van der Waals surface area (Å²) in [6, 6.07) is 3.51. The number of ether oxygens (including phenoxy) is 1. The van der Waals surface area contributed by atoms with Gasteiger partial charge in [-0.3, -0.25) is 0 Å². The van der Waals surface area contributed by atoms with Gasteiger partial charge in [-0.05, 0) is 18.6 Å². The van der Waals surface area contributed by atoms with E-state index in [4.69, 9.17) is 4.74 Å². The molecule has 0 N–H and O–H groups in total. The molecule has 0 unspecified atom stereocenters. The van der Waals surface area contributed by atoms with Crippen molar-refractivity contribution in [1.82, 2.24) is 0 Å². The largest absolute Gasteiger partial charge is 0.493 e. The van der Waals surface area contributed by atoms with Crippen LogP contribution in [-0.2, 0) is 0 Å². The third kappa shape index (κ3) is 4.21. The predicted octanol–water partition coefficient (Wildman–Crippen LogP) is 3.78. The maximum atomic E-state index is 12.6. The zero-order chi connectivity index (χ0) is 11.0. The number of hydrogen-bond donors (Lipinski definition) is 0. The molecule has 0 saturated heterocycles. The Bertz CT molecular complexity index is 261. The van der Waals surface area contributed by atoms with E-state index in [1.54, 1.807) is 0 Å². The maximum Gasteiger partial charge on any atom is 0.162 e. The quantitative estimate of drug-likeness (QED) is 0.724. The fraction of sp³-hybridized carbons (Fsp3) is 0.455. The van der Waals surface area contributed by atoms with Crippen LogP contribution < -0.4 is 4.74 Å². The van der Waals surface area contributed by atoms with E-state index in [-0.39, 0.29) is 0 Å². The van der Waals surface area contributed by atoms with Crippen LogP contribution in [0, 0.1) is 11.6 Å². The molecule has 1 nitrogen and oxygen atoms in total. The molecule has 0 saturated carbocycles. The van der Waals surface area contributed by atoms with Crippen molar-refractivity contribution in [2.45, 2.75) is 27.2 Å². The molecule has 3 heteroatoms. The fourth-order valence-electron chi connectivity index (χ4n) is 0.787. The molecule has 0 spiro atoms. The Morgan fingerprint density at radius 1 is 1.14 bits per heavy atom. The Balaban J connectivity index is 0.000000791. The molecule has 0 aliphatic rings. The molecule has 0 atom stereocenters. The lowest BCUT2D eigenvalue weighted by atomic mass is 10.3. The second-order valence-electron chi connectivity index (χ2n) is 2.42. The van der Waals surface area contributed by atoms with Crippen LogP contribution in [-0.4, -0.2) is 6.61 Å². The molecule has 14 heavy (non-hydrogen) atoms. The average molecular weight is 202 g/mol. The van der Waals surface area contributed by atoms with Gasteiger partial charge in [0.25, 0.3) is 0 Å². The summed E-state index contributed by atoms with van der Waals surface area (Å²) in [5, 5.41) is 0. The summed E-state index contributed by atoms with van der Waals surface area (Å²) >= 11 is 0. The monoisotopic (exact) mass is 202 g/mol. The van der Waals surface area contributed by atoms with Crippen LogP contribution >= 0.6 is 0 Å². The number of rotatable bonds is 3. The Kier molecular flexibility index (Phi) is 6.72. The second kappa shape index (κ2) is 7.30. The van der Waals surface area contributed by atoms with Crippen molar-refractivity contribution in [3.63, 3.8) is 0 Å². The standard InChI is InChI=1S/C9H10F2O.C2H6/c1-2-5-12-7-3-4-8(10)9(11)6-7;1-2/h3-4,6H,2,5H2,1H3;1-2H3. The van der Waals surface area contributed by atoms with Crippen molar-refractivity contribution >= 4 is 0 Å². The minimum Gasteiger partial charge on any atom is -0.493 e. The smallest absolute Gasteiger partial charge is 0.162 e. The summed E-state index contributed by atoms with van der Waals surface area (Å²) in [6.07, 6.45) is 0.846.